The molecule has 0 saturated carbocycles. The maximum atomic E-state index is 13.7. The molecule has 35 heavy (non-hydrogen) atoms. The largest absolute Gasteiger partial charge is 0.497 e. The van der Waals surface area contributed by atoms with Gasteiger partial charge in [-0.2, -0.15) is 0 Å². The standard InChI is InChI=1S/C27H26FN3O3S/c1-4-30(5-2)25(32)19-11-14-23-24(15-19)29-27(35-17-18-9-12-20(28)13-10-18)31(26(23)33)21-7-6-8-22(16-21)34-3/h6-16H,4-5,17H2,1-3H3. The summed E-state index contributed by atoms with van der Waals surface area (Å²) in [6, 6.07) is 18.4. The third-order valence-electron chi connectivity index (χ3n) is 5.73. The van der Waals surface area contributed by atoms with Gasteiger partial charge in [-0.3, -0.25) is 14.2 Å². The topological polar surface area (TPSA) is 64.4 Å². The summed E-state index contributed by atoms with van der Waals surface area (Å²) in [6.45, 7) is 5.05. The highest BCUT2D eigenvalue weighted by atomic mass is 32.2. The normalized spacial score (nSPS) is 11.0. The van der Waals surface area contributed by atoms with Crippen LogP contribution in [0.1, 0.15) is 29.8 Å². The molecule has 0 bridgehead atoms. The number of aromatic nitrogens is 2. The van der Waals surface area contributed by atoms with Crippen LogP contribution in [0.5, 0.6) is 5.75 Å². The molecule has 0 aliphatic rings. The van der Waals surface area contributed by atoms with E-state index in [-0.39, 0.29) is 17.3 Å². The van der Waals surface area contributed by atoms with Gasteiger partial charge in [-0.1, -0.05) is 30.0 Å². The van der Waals surface area contributed by atoms with Crippen molar-refractivity contribution in [3.8, 4) is 11.4 Å². The highest BCUT2D eigenvalue weighted by molar-refractivity contribution is 7.98. The Bertz CT molecular complexity index is 1420. The van der Waals surface area contributed by atoms with E-state index in [1.807, 2.05) is 26.0 Å². The van der Waals surface area contributed by atoms with Gasteiger partial charge in [0.15, 0.2) is 5.16 Å². The summed E-state index contributed by atoms with van der Waals surface area (Å²) < 4.78 is 20.2. The van der Waals surface area contributed by atoms with Gasteiger partial charge >= 0.3 is 0 Å². The van der Waals surface area contributed by atoms with E-state index in [4.69, 9.17) is 9.72 Å². The molecule has 4 rings (SSSR count). The summed E-state index contributed by atoms with van der Waals surface area (Å²) in [5, 5.41) is 0.877. The quantitative estimate of drug-likeness (QED) is 0.247. The SMILES string of the molecule is CCN(CC)C(=O)c1ccc2c(=O)n(-c3cccc(OC)c3)c(SCc3ccc(F)cc3)nc2c1. The van der Waals surface area contributed by atoms with Gasteiger partial charge in [0.1, 0.15) is 11.6 Å². The molecule has 0 aliphatic heterocycles. The summed E-state index contributed by atoms with van der Waals surface area (Å²) in [6.07, 6.45) is 0. The van der Waals surface area contributed by atoms with Crippen molar-refractivity contribution >= 4 is 28.6 Å². The highest BCUT2D eigenvalue weighted by Crippen LogP contribution is 2.27. The number of benzene rings is 3. The molecule has 6 nitrogen and oxygen atoms in total. The fourth-order valence-electron chi connectivity index (χ4n) is 3.79. The number of thioether (sulfide) groups is 1. The monoisotopic (exact) mass is 491 g/mol. The van der Waals surface area contributed by atoms with E-state index in [0.717, 1.165) is 5.56 Å². The molecule has 0 atom stereocenters. The number of carbonyl (C=O) groups excluding carboxylic acids is 1. The van der Waals surface area contributed by atoms with Crippen LogP contribution in [-0.2, 0) is 5.75 Å². The van der Waals surface area contributed by atoms with E-state index in [0.29, 0.717) is 51.9 Å². The van der Waals surface area contributed by atoms with E-state index in [2.05, 4.69) is 0 Å². The molecule has 0 unspecified atom stereocenters. The maximum absolute atomic E-state index is 13.7. The molecule has 8 heteroatoms. The number of methoxy groups -OCH3 is 1. The summed E-state index contributed by atoms with van der Waals surface area (Å²) in [5.41, 5.74) is 2.21. The molecule has 0 N–H and O–H groups in total. The number of nitrogens with zero attached hydrogens (tertiary/aromatic N) is 3. The van der Waals surface area contributed by atoms with Crippen LogP contribution in [0.4, 0.5) is 4.39 Å². The lowest BCUT2D eigenvalue weighted by Crippen LogP contribution is -2.30. The zero-order chi connectivity index (χ0) is 24.9. The number of halogens is 1. The highest BCUT2D eigenvalue weighted by Gasteiger charge is 2.18. The second kappa shape index (κ2) is 10.7. The first-order valence-corrected chi connectivity index (χ1v) is 12.3. The smallest absolute Gasteiger partial charge is 0.266 e. The van der Waals surface area contributed by atoms with E-state index in [9.17, 15) is 14.0 Å². The van der Waals surface area contributed by atoms with Crippen LogP contribution in [0.25, 0.3) is 16.6 Å². The Morgan fingerprint density at radius 2 is 1.80 bits per heavy atom. The second-order valence-corrected chi connectivity index (χ2v) is 8.80. The summed E-state index contributed by atoms with van der Waals surface area (Å²) in [4.78, 5) is 33.1. The molecule has 4 aromatic rings. The Hall–Kier alpha value is -3.65. The summed E-state index contributed by atoms with van der Waals surface area (Å²) in [5.74, 6) is 0.696. The van der Waals surface area contributed by atoms with E-state index in [1.54, 1.807) is 59.0 Å². The van der Waals surface area contributed by atoms with Gasteiger partial charge in [-0.15, -0.1) is 0 Å². The van der Waals surface area contributed by atoms with Crippen molar-refractivity contribution in [2.24, 2.45) is 0 Å². The minimum atomic E-state index is -0.304. The zero-order valence-electron chi connectivity index (χ0n) is 19.8. The van der Waals surface area contributed by atoms with Crippen molar-refractivity contribution in [2.75, 3.05) is 20.2 Å². The van der Waals surface area contributed by atoms with E-state index in [1.165, 1.54) is 23.9 Å². The average Bonchev–Trinajstić information content (AvgIpc) is 2.88. The number of carbonyl (C=O) groups is 1. The Morgan fingerprint density at radius 1 is 1.06 bits per heavy atom. The fraction of sp³-hybridized carbons (Fsp3) is 0.222. The minimum Gasteiger partial charge on any atom is -0.497 e. The molecule has 1 heterocycles. The molecule has 0 saturated heterocycles. The van der Waals surface area contributed by atoms with E-state index < -0.39 is 0 Å². The van der Waals surface area contributed by atoms with Crippen LogP contribution < -0.4 is 10.3 Å². The first kappa shape index (κ1) is 24.5. The predicted molar refractivity (Wildman–Crippen MR) is 137 cm³/mol. The number of amides is 1. The van der Waals surface area contributed by atoms with Crippen LogP contribution >= 0.6 is 11.8 Å². The molecule has 0 spiro atoms. The van der Waals surface area contributed by atoms with Crippen molar-refractivity contribution in [3.05, 3.63) is 94.0 Å². The molecule has 180 valence electrons. The third kappa shape index (κ3) is 5.22. The van der Waals surface area contributed by atoms with Gasteiger partial charge in [0.25, 0.3) is 11.5 Å². The van der Waals surface area contributed by atoms with Gasteiger partial charge in [-0.05, 0) is 61.9 Å². The maximum Gasteiger partial charge on any atom is 0.266 e. The number of hydrogen-bond acceptors (Lipinski definition) is 5. The van der Waals surface area contributed by atoms with Gasteiger partial charge in [0.05, 0.1) is 23.7 Å². The number of rotatable bonds is 8. The first-order chi connectivity index (χ1) is 16.9. The lowest BCUT2D eigenvalue weighted by Gasteiger charge is -2.19. The number of hydrogen-bond donors (Lipinski definition) is 0. The van der Waals surface area contributed by atoms with Crippen molar-refractivity contribution in [2.45, 2.75) is 24.8 Å². The van der Waals surface area contributed by atoms with Gasteiger partial charge in [0.2, 0.25) is 0 Å². The molecule has 1 aromatic heterocycles. The fourth-order valence-corrected chi connectivity index (χ4v) is 4.76. The summed E-state index contributed by atoms with van der Waals surface area (Å²) in [7, 11) is 1.57. The molecule has 1 amide bonds. The van der Waals surface area contributed by atoms with Crippen LogP contribution in [0.2, 0.25) is 0 Å². The van der Waals surface area contributed by atoms with Gasteiger partial charge in [0, 0.05) is 30.5 Å². The Labute approximate surface area is 207 Å². The predicted octanol–water partition coefficient (Wildman–Crippen LogP) is 5.31. The van der Waals surface area contributed by atoms with Crippen LogP contribution in [0.15, 0.2) is 76.7 Å². The average molecular weight is 492 g/mol. The second-order valence-electron chi connectivity index (χ2n) is 7.86. The lowest BCUT2D eigenvalue weighted by atomic mass is 10.1. The molecule has 0 aliphatic carbocycles. The minimum absolute atomic E-state index is 0.101. The third-order valence-corrected chi connectivity index (χ3v) is 6.74. The molecule has 0 radical (unpaired) electrons. The number of fused-ring (bicyclic) bond motifs is 1. The van der Waals surface area contributed by atoms with Crippen molar-refractivity contribution in [1.82, 2.24) is 14.5 Å². The van der Waals surface area contributed by atoms with Crippen LogP contribution in [-0.4, -0.2) is 40.6 Å². The Balaban J connectivity index is 1.84. The summed E-state index contributed by atoms with van der Waals surface area (Å²) >= 11 is 1.37. The first-order valence-electron chi connectivity index (χ1n) is 11.3. The van der Waals surface area contributed by atoms with Gasteiger partial charge in [-0.25, -0.2) is 9.37 Å². The molecule has 0 fully saturated rings. The van der Waals surface area contributed by atoms with Crippen LogP contribution in [0.3, 0.4) is 0 Å². The number of ether oxygens (including phenoxy) is 1. The van der Waals surface area contributed by atoms with Crippen molar-refractivity contribution in [1.29, 1.82) is 0 Å². The van der Waals surface area contributed by atoms with Crippen molar-refractivity contribution < 1.29 is 13.9 Å². The zero-order valence-corrected chi connectivity index (χ0v) is 20.6. The van der Waals surface area contributed by atoms with Crippen molar-refractivity contribution in [3.63, 3.8) is 0 Å². The Morgan fingerprint density at radius 3 is 2.49 bits per heavy atom. The Kier molecular flexibility index (Phi) is 7.51. The molecular formula is C27H26FN3O3S. The molecule has 3 aromatic carbocycles. The van der Waals surface area contributed by atoms with Crippen LogP contribution in [0, 0.1) is 5.82 Å². The van der Waals surface area contributed by atoms with Gasteiger partial charge < -0.3 is 9.64 Å². The van der Waals surface area contributed by atoms with E-state index >= 15 is 0 Å². The molecular weight excluding hydrogens is 465 g/mol. The lowest BCUT2D eigenvalue weighted by molar-refractivity contribution is 0.0773.